The Balaban J connectivity index is 1.51. The van der Waals surface area contributed by atoms with Crippen LogP contribution in [-0.4, -0.2) is 59.6 Å². The smallest absolute Gasteiger partial charge is 0.238 e. The number of methoxy groups -OCH3 is 1. The van der Waals surface area contributed by atoms with Crippen molar-refractivity contribution in [2.24, 2.45) is 0 Å². The molecule has 120 valence electrons. The summed E-state index contributed by atoms with van der Waals surface area (Å²) >= 11 is 0. The number of piperazine rings is 1. The number of nitrogens with zero attached hydrogens (tertiary/aromatic N) is 3. The van der Waals surface area contributed by atoms with Crippen molar-refractivity contribution in [3.63, 3.8) is 0 Å². The van der Waals surface area contributed by atoms with E-state index in [9.17, 15) is 4.79 Å². The largest absolute Gasteiger partial charge is 0.377 e. The highest BCUT2D eigenvalue weighted by Gasteiger charge is 2.30. The molecule has 1 aliphatic carbocycles. The van der Waals surface area contributed by atoms with Crippen molar-refractivity contribution in [2.45, 2.75) is 38.1 Å². The fourth-order valence-electron chi connectivity index (χ4n) is 2.58. The third-order valence-electron chi connectivity index (χ3n) is 3.94. The SMILES string of the molecule is COCc1ncc(CN2CCNC(C(=O)NC3CC3)C2)cn1. The van der Waals surface area contributed by atoms with Gasteiger partial charge in [0.05, 0.1) is 6.04 Å². The molecule has 22 heavy (non-hydrogen) atoms. The first-order chi connectivity index (χ1) is 10.7. The van der Waals surface area contributed by atoms with E-state index in [0.717, 1.165) is 44.6 Å². The standard InChI is InChI=1S/C15H23N5O2/c1-22-10-14-17-6-11(7-18-14)8-20-5-4-16-13(9-20)15(21)19-12-2-3-12/h6-7,12-13,16H,2-5,8-10H2,1H3,(H,19,21). The number of carbonyl (C=O) groups excluding carboxylic acids is 1. The molecule has 2 fully saturated rings. The van der Waals surface area contributed by atoms with E-state index in [-0.39, 0.29) is 11.9 Å². The molecule has 2 aliphatic rings. The fourth-order valence-corrected chi connectivity index (χ4v) is 2.58. The summed E-state index contributed by atoms with van der Waals surface area (Å²) in [5, 5.41) is 6.35. The van der Waals surface area contributed by atoms with Gasteiger partial charge in [0.1, 0.15) is 6.61 Å². The number of nitrogens with one attached hydrogen (secondary N) is 2. The lowest BCUT2D eigenvalue weighted by Gasteiger charge is -2.32. The van der Waals surface area contributed by atoms with Crippen molar-refractivity contribution < 1.29 is 9.53 Å². The van der Waals surface area contributed by atoms with Gasteiger partial charge in [-0.05, 0) is 12.8 Å². The molecule has 1 aromatic rings. The van der Waals surface area contributed by atoms with Crippen molar-refractivity contribution in [3.8, 4) is 0 Å². The Bertz CT molecular complexity index is 503. The lowest BCUT2D eigenvalue weighted by atomic mass is 10.1. The van der Waals surface area contributed by atoms with Gasteiger partial charge in [-0.2, -0.15) is 0 Å². The summed E-state index contributed by atoms with van der Waals surface area (Å²) < 4.78 is 5.01. The molecule has 2 N–H and O–H groups in total. The van der Waals surface area contributed by atoms with Crippen molar-refractivity contribution in [2.75, 3.05) is 26.7 Å². The van der Waals surface area contributed by atoms with Crippen LogP contribution in [0.2, 0.25) is 0 Å². The molecule has 1 amide bonds. The van der Waals surface area contributed by atoms with Gasteiger partial charge in [-0.25, -0.2) is 9.97 Å². The lowest BCUT2D eigenvalue weighted by molar-refractivity contribution is -0.124. The van der Waals surface area contributed by atoms with Gasteiger partial charge in [0.25, 0.3) is 0 Å². The summed E-state index contributed by atoms with van der Waals surface area (Å²) in [5.74, 6) is 0.812. The van der Waals surface area contributed by atoms with Crippen LogP contribution in [0.5, 0.6) is 0 Å². The summed E-state index contributed by atoms with van der Waals surface area (Å²) in [6.07, 6.45) is 5.91. The van der Waals surface area contributed by atoms with E-state index in [2.05, 4.69) is 25.5 Å². The van der Waals surface area contributed by atoms with Gasteiger partial charge in [0.15, 0.2) is 5.82 Å². The first-order valence-electron chi connectivity index (χ1n) is 7.79. The van der Waals surface area contributed by atoms with Gasteiger partial charge >= 0.3 is 0 Å². The molecule has 1 aliphatic heterocycles. The second-order valence-corrected chi connectivity index (χ2v) is 5.97. The number of ether oxygens (including phenoxy) is 1. The summed E-state index contributed by atoms with van der Waals surface area (Å²) in [6, 6.07) is 0.287. The van der Waals surface area contributed by atoms with E-state index >= 15 is 0 Å². The minimum Gasteiger partial charge on any atom is -0.377 e. The Labute approximate surface area is 130 Å². The van der Waals surface area contributed by atoms with Crippen LogP contribution in [0, 0.1) is 0 Å². The van der Waals surface area contributed by atoms with Gasteiger partial charge in [0, 0.05) is 57.3 Å². The molecule has 1 saturated heterocycles. The molecule has 2 heterocycles. The Morgan fingerprint density at radius 1 is 1.45 bits per heavy atom. The van der Waals surface area contributed by atoms with Crippen molar-refractivity contribution in [1.29, 1.82) is 0 Å². The van der Waals surface area contributed by atoms with Crippen LogP contribution in [0.3, 0.4) is 0 Å². The molecule has 3 rings (SSSR count). The van der Waals surface area contributed by atoms with Crippen LogP contribution < -0.4 is 10.6 Å². The molecule has 0 radical (unpaired) electrons. The summed E-state index contributed by atoms with van der Waals surface area (Å²) in [6.45, 7) is 3.66. The normalized spacial score (nSPS) is 22.5. The monoisotopic (exact) mass is 305 g/mol. The Hall–Kier alpha value is -1.57. The molecule has 1 atom stereocenters. The van der Waals surface area contributed by atoms with Crippen molar-refractivity contribution in [1.82, 2.24) is 25.5 Å². The van der Waals surface area contributed by atoms with Crippen molar-refractivity contribution in [3.05, 3.63) is 23.8 Å². The number of hydrogen-bond donors (Lipinski definition) is 2. The third kappa shape index (κ3) is 4.22. The molecule has 1 unspecified atom stereocenters. The second-order valence-electron chi connectivity index (χ2n) is 5.97. The number of hydrogen-bond acceptors (Lipinski definition) is 6. The zero-order chi connectivity index (χ0) is 15.4. The first kappa shape index (κ1) is 15.3. The third-order valence-corrected chi connectivity index (χ3v) is 3.94. The van der Waals surface area contributed by atoms with E-state index in [1.54, 1.807) is 7.11 Å². The molecule has 7 heteroatoms. The van der Waals surface area contributed by atoms with Gasteiger partial charge in [-0.1, -0.05) is 0 Å². The molecular formula is C15H23N5O2. The molecule has 1 aromatic heterocycles. The number of amides is 1. The zero-order valence-corrected chi connectivity index (χ0v) is 12.9. The maximum Gasteiger partial charge on any atom is 0.238 e. The number of aromatic nitrogens is 2. The Kier molecular flexibility index (Phi) is 4.97. The molecule has 7 nitrogen and oxygen atoms in total. The highest BCUT2D eigenvalue weighted by molar-refractivity contribution is 5.82. The fraction of sp³-hybridized carbons (Fsp3) is 0.667. The Morgan fingerprint density at radius 2 is 2.23 bits per heavy atom. The van der Waals surface area contributed by atoms with E-state index in [0.29, 0.717) is 18.5 Å². The molecule has 0 spiro atoms. The molecular weight excluding hydrogens is 282 g/mol. The Morgan fingerprint density at radius 3 is 2.91 bits per heavy atom. The van der Waals surface area contributed by atoms with E-state index in [1.807, 2.05) is 12.4 Å². The predicted molar refractivity (Wildman–Crippen MR) is 81.0 cm³/mol. The van der Waals surface area contributed by atoms with Crippen LogP contribution in [0.15, 0.2) is 12.4 Å². The summed E-state index contributed by atoms with van der Waals surface area (Å²) in [5.41, 5.74) is 1.06. The highest BCUT2D eigenvalue weighted by atomic mass is 16.5. The second kappa shape index (κ2) is 7.13. The van der Waals surface area contributed by atoms with Gasteiger partial charge in [-0.15, -0.1) is 0 Å². The van der Waals surface area contributed by atoms with Gasteiger partial charge in [0.2, 0.25) is 5.91 Å². The number of rotatable bonds is 6. The van der Waals surface area contributed by atoms with Gasteiger partial charge < -0.3 is 15.4 Å². The number of carbonyl (C=O) groups is 1. The van der Waals surface area contributed by atoms with E-state index in [4.69, 9.17) is 4.74 Å². The quantitative estimate of drug-likeness (QED) is 0.749. The summed E-state index contributed by atoms with van der Waals surface area (Å²) in [4.78, 5) is 22.9. The minimum atomic E-state index is -0.122. The van der Waals surface area contributed by atoms with Crippen LogP contribution in [0.25, 0.3) is 0 Å². The first-order valence-corrected chi connectivity index (χ1v) is 7.79. The van der Waals surface area contributed by atoms with E-state index in [1.165, 1.54) is 0 Å². The zero-order valence-electron chi connectivity index (χ0n) is 12.9. The average molecular weight is 305 g/mol. The van der Waals surface area contributed by atoms with Crippen LogP contribution in [0.4, 0.5) is 0 Å². The minimum absolute atomic E-state index is 0.122. The maximum absolute atomic E-state index is 12.1. The topological polar surface area (TPSA) is 79.4 Å². The molecule has 1 saturated carbocycles. The molecule has 0 bridgehead atoms. The predicted octanol–water partition coefficient (Wildman–Crippen LogP) is -0.325. The average Bonchev–Trinajstić information content (AvgIpc) is 3.34. The summed E-state index contributed by atoms with van der Waals surface area (Å²) in [7, 11) is 1.63. The van der Waals surface area contributed by atoms with Crippen LogP contribution >= 0.6 is 0 Å². The highest BCUT2D eigenvalue weighted by Crippen LogP contribution is 2.19. The van der Waals surface area contributed by atoms with E-state index < -0.39 is 0 Å². The van der Waals surface area contributed by atoms with Gasteiger partial charge in [-0.3, -0.25) is 9.69 Å². The maximum atomic E-state index is 12.1. The van der Waals surface area contributed by atoms with Crippen LogP contribution in [-0.2, 0) is 22.7 Å². The van der Waals surface area contributed by atoms with Crippen LogP contribution in [0.1, 0.15) is 24.2 Å². The van der Waals surface area contributed by atoms with Crippen molar-refractivity contribution >= 4 is 5.91 Å². The molecule has 0 aromatic carbocycles. The lowest BCUT2D eigenvalue weighted by Crippen LogP contribution is -2.57.